The Morgan fingerprint density at radius 3 is 2.88 bits per heavy atom. The monoisotopic (exact) mass is 350 g/mol. The van der Waals surface area contributed by atoms with Crippen LogP contribution in [0.1, 0.15) is 49.3 Å². The molecule has 136 valence electrons. The van der Waals surface area contributed by atoms with Crippen molar-refractivity contribution in [2.75, 3.05) is 13.1 Å². The summed E-state index contributed by atoms with van der Waals surface area (Å²) in [4.78, 5) is 12.7. The molecule has 2 aliphatic carbocycles. The molecule has 0 radical (unpaired) electrons. The summed E-state index contributed by atoms with van der Waals surface area (Å²) in [5.74, 6) is 0.491. The van der Waals surface area contributed by atoms with Gasteiger partial charge in [-0.3, -0.25) is 4.79 Å². The molecule has 1 amide bonds. The van der Waals surface area contributed by atoms with E-state index in [1.807, 2.05) is 6.07 Å². The minimum absolute atomic E-state index is 0.0174. The number of rotatable bonds is 4. The Morgan fingerprint density at radius 2 is 2.12 bits per heavy atom. The van der Waals surface area contributed by atoms with Crippen LogP contribution >= 0.6 is 0 Å². The second-order valence-electron chi connectivity index (χ2n) is 7.56. The number of hydrogen-bond acceptors (Lipinski definition) is 3. The Kier molecular flexibility index (Phi) is 4.40. The summed E-state index contributed by atoms with van der Waals surface area (Å²) in [6.07, 6.45) is 5.84. The first-order chi connectivity index (χ1) is 12.1. The van der Waals surface area contributed by atoms with Crippen LogP contribution < -0.4 is 15.4 Å². The van der Waals surface area contributed by atoms with E-state index in [2.05, 4.69) is 15.4 Å². The lowest BCUT2D eigenvalue weighted by atomic mass is 9.87. The first-order valence-corrected chi connectivity index (χ1v) is 9.16. The highest BCUT2D eigenvalue weighted by molar-refractivity contribution is 5.83. The third-order valence-electron chi connectivity index (χ3n) is 6.08. The molecule has 25 heavy (non-hydrogen) atoms. The van der Waals surface area contributed by atoms with E-state index in [1.54, 1.807) is 12.1 Å². The average molecular weight is 350 g/mol. The standard InChI is InChI=1S/C19H24F2N2O2/c20-18(21)25-13-4-5-14-12(10-13)2-1-3-16(14)23-17(24)15-11-19(15)6-8-22-9-7-19/h4-5,10,15-16,18,22H,1-3,6-9,11H2,(H,23,24). The van der Waals surface area contributed by atoms with Gasteiger partial charge in [-0.2, -0.15) is 8.78 Å². The number of benzene rings is 1. The lowest BCUT2D eigenvalue weighted by Gasteiger charge is -2.28. The topological polar surface area (TPSA) is 50.4 Å². The van der Waals surface area contributed by atoms with Gasteiger partial charge >= 0.3 is 6.61 Å². The number of halogens is 2. The Morgan fingerprint density at radius 1 is 1.32 bits per heavy atom. The number of carbonyl (C=O) groups is 1. The number of fused-ring (bicyclic) bond motifs is 1. The summed E-state index contributed by atoms with van der Waals surface area (Å²) >= 11 is 0. The Labute approximate surface area is 146 Å². The van der Waals surface area contributed by atoms with Crippen molar-refractivity contribution in [2.24, 2.45) is 11.3 Å². The molecular formula is C19H24F2N2O2. The zero-order chi connectivity index (χ0) is 17.4. The Bertz CT molecular complexity index is 659. The summed E-state index contributed by atoms with van der Waals surface area (Å²) in [7, 11) is 0. The smallest absolute Gasteiger partial charge is 0.387 e. The van der Waals surface area contributed by atoms with Gasteiger partial charge in [-0.05, 0) is 80.3 Å². The van der Waals surface area contributed by atoms with Crippen molar-refractivity contribution in [3.63, 3.8) is 0 Å². The van der Waals surface area contributed by atoms with Gasteiger partial charge in [-0.15, -0.1) is 0 Å². The molecule has 1 aromatic carbocycles. The van der Waals surface area contributed by atoms with Gasteiger partial charge in [0, 0.05) is 5.92 Å². The van der Waals surface area contributed by atoms with E-state index < -0.39 is 6.61 Å². The van der Waals surface area contributed by atoms with Crippen LogP contribution in [0.4, 0.5) is 8.78 Å². The molecule has 1 saturated heterocycles. The number of hydrogen-bond donors (Lipinski definition) is 2. The molecule has 1 heterocycles. The fourth-order valence-electron chi connectivity index (χ4n) is 4.58. The number of aryl methyl sites for hydroxylation is 1. The SMILES string of the molecule is O=C(NC1CCCc2cc(OC(F)F)ccc21)C1CC12CCNCC2. The third-order valence-corrected chi connectivity index (χ3v) is 6.08. The van der Waals surface area contributed by atoms with Crippen LogP contribution in [-0.4, -0.2) is 25.6 Å². The van der Waals surface area contributed by atoms with Gasteiger partial charge in [-0.1, -0.05) is 6.07 Å². The third kappa shape index (κ3) is 3.36. The average Bonchev–Trinajstić information content (AvgIpc) is 3.28. The van der Waals surface area contributed by atoms with Gasteiger partial charge in [0.05, 0.1) is 6.04 Å². The van der Waals surface area contributed by atoms with E-state index in [0.29, 0.717) is 0 Å². The highest BCUT2D eigenvalue weighted by atomic mass is 19.3. The number of nitrogens with one attached hydrogen (secondary N) is 2. The summed E-state index contributed by atoms with van der Waals surface area (Å²) < 4.78 is 29.3. The first kappa shape index (κ1) is 16.8. The van der Waals surface area contributed by atoms with Crippen LogP contribution in [0.25, 0.3) is 0 Å². The van der Waals surface area contributed by atoms with Crippen LogP contribution in [-0.2, 0) is 11.2 Å². The predicted octanol–water partition coefficient (Wildman–Crippen LogP) is 3.17. The highest BCUT2D eigenvalue weighted by Crippen LogP contribution is 2.58. The molecule has 1 aliphatic heterocycles. The van der Waals surface area contributed by atoms with Gasteiger partial charge in [-0.25, -0.2) is 0 Å². The number of alkyl halides is 2. The summed E-state index contributed by atoms with van der Waals surface area (Å²) in [6.45, 7) is -0.806. The van der Waals surface area contributed by atoms with Crippen molar-refractivity contribution in [3.8, 4) is 5.75 Å². The van der Waals surface area contributed by atoms with Gasteiger partial charge in [0.2, 0.25) is 5.91 Å². The normalized spacial score (nSPS) is 27.0. The number of piperidine rings is 1. The van der Waals surface area contributed by atoms with E-state index in [4.69, 9.17) is 0 Å². The Balaban J connectivity index is 1.43. The number of carbonyl (C=O) groups excluding carboxylic acids is 1. The minimum atomic E-state index is -2.81. The van der Waals surface area contributed by atoms with Gasteiger partial charge in [0.25, 0.3) is 0 Å². The molecule has 4 nitrogen and oxygen atoms in total. The zero-order valence-corrected chi connectivity index (χ0v) is 14.2. The van der Waals surface area contributed by atoms with E-state index in [9.17, 15) is 13.6 Å². The minimum Gasteiger partial charge on any atom is -0.435 e. The predicted molar refractivity (Wildman–Crippen MR) is 89.5 cm³/mol. The lowest BCUT2D eigenvalue weighted by molar-refractivity contribution is -0.124. The van der Waals surface area contributed by atoms with Crippen LogP contribution in [0.2, 0.25) is 0 Å². The van der Waals surface area contributed by atoms with Crippen molar-refractivity contribution in [1.29, 1.82) is 0 Å². The maximum atomic E-state index is 12.7. The summed E-state index contributed by atoms with van der Waals surface area (Å²) in [6, 6.07) is 5.06. The second-order valence-corrected chi connectivity index (χ2v) is 7.56. The van der Waals surface area contributed by atoms with E-state index in [0.717, 1.165) is 62.7 Å². The molecule has 0 aromatic heterocycles. The van der Waals surface area contributed by atoms with Crippen LogP contribution in [0.5, 0.6) is 5.75 Å². The van der Waals surface area contributed by atoms with E-state index in [1.165, 1.54) is 0 Å². The van der Waals surface area contributed by atoms with Crippen LogP contribution in [0.15, 0.2) is 18.2 Å². The van der Waals surface area contributed by atoms with Crippen LogP contribution in [0.3, 0.4) is 0 Å². The summed E-state index contributed by atoms with van der Waals surface area (Å²) in [5, 5.41) is 6.58. The molecule has 3 aliphatic rings. The molecule has 4 rings (SSSR count). The largest absolute Gasteiger partial charge is 0.435 e. The second kappa shape index (κ2) is 6.56. The van der Waals surface area contributed by atoms with Crippen molar-refractivity contribution >= 4 is 5.91 Å². The van der Waals surface area contributed by atoms with Gasteiger partial charge < -0.3 is 15.4 Å². The molecule has 2 unspecified atom stereocenters. The van der Waals surface area contributed by atoms with Crippen molar-refractivity contribution in [3.05, 3.63) is 29.3 Å². The fraction of sp³-hybridized carbons (Fsp3) is 0.632. The van der Waals surface area contributed by atoms with Crippen molar-refractivity contribution < 1.29 is 18.3 Å². The van der Waals surface area contributed by atoms with E-state index in [-0.39, 0.29) is 29.0 Å². The zero-order valence-electron chi connectivity index (χ0n) is 14.2. The quantitative estimate of drug-likeness (QED) is 0.877. The highest BCUT2D eigenvalue weighted by Gasteiger charge is 2.57. The number of ether oxygens (including phenoxy) is 1. The molecule has 2 N–H and O–H groups in total. The molecule has 1 spiro atoms. The maximum Gasteiger partial charge on any atom is 0.387 e. The maximum absolute atomic E-state index is 12.7. The number of amides is 1. The molecule has 1 aromatic rings. The molecule has 2 atom stereocenters. The van der Waals surface area contributed by atoms with Crippen molar-refractivity contribution in [1.82, 2.24) is 10.6 Å². The molecular weight excluding hydrogens is 326 g/mol. The molecule has 2 fully saturated rings. The molecule has 6 heteroatoms. The molecule has 0 bridgehead atoms. The van der Waals surface area contributed by atoms with E-state index >= 15 is 0 Å². The fourth-order valence-corrected chi connectivity index (χ4v) is 4.58. The molecule has 1 saturated carbocycles. The Hall–Kier alpha value is -1.69. The van der Waals surface area contributed by atoms with Gasteiger partial charge in [0.15, 0.2) is 0 Å². The van der Waals surface area contributed by atoms with Crippen molar-refractivity contribution in [2.45, 2.75) is 51.2 Å². The lowest BCUT2D eigenvalue weighted by Crippen LogP contribution is -2.36. The van der Waals surface area contributed by atoms with Crippen LogP contribution in [0, 0.1) is 11.3 Å². The van der Waals surface area contributed by atoms with Gasteiger partial charge in [0.1, 0.15) is 5.75 Å². The first-order valence-electron chi connectivity index (χ1n) is 9.16. The summed E-state index contributed by atoms with van der Waals surface area (Å²) in [5.41, 5.74) is 2.27.